The van der Waals surface area contributed by atoms with Crippen LogP contribution in [0.2, 0.25) is 0 Å². The van der Waals surface area contributed by atoms with Gasteiger partial charge in [0.2, 0.25) is 12.0 Å². The number of aliphatic hydroxyl groups excluding tert-OH is 4. The van der Waals surface area contributed by atoms with Gasteiger partial charge in [0.05, 0.1) is 25.1 Å². The van der Waals surface area contributed by atoms with Crippen molar-refractivity contribution in [3.8, 4) is 11.5 Å². The fraction of sp³-hybridized carbons (Fsp3) is 0.784. The number of furan rings is 1. The number of rotatable bonds is 6. The zero-order chi connectivity index (χ0) is 46.9. The molecule has 10 rings (SSSR count). The molecular formula is C51H74N2O12S2. The number of aliphatic hydroxyl groups is 6. The molecule has 5 bridgehead atoms. The van der Waals surface area contributed by atoms with Crippen LogP contribution >= 0.6 is 21.6 Å². The van der Waals surface area contributed by atoms with Crippen LogP contribution in [-0.4, -0.2) is 134 Å². The molecule has 16 heteroatoms. The van der Waals surface area contributed by atoms with E-state index in [0.29, 0.717) is 47.4 Å². The molecule has 0 unspecified atom stereocenters. The first-order chi connectivity index (χ1) is 32.2. The molecule has 17 atom stereocenters. The van der Waals surface area contributed by atoms with E-state index in [0.717, 1.165) is 44.4 Å². The molecular weight excluding hydrogens is 897 g/mol. The van der Waals surface area contributed by atoms with Crippen LogP contribution in [0.3, 0.4) is 0 Å². The maximum atomic E-state index is 13.5. The highest BCUT2D eigenvalue weighted by atomic mass is 33.1. The molecule has 0 amide bonds. The number of allylic oxidation sites excluding steroid dienone is 1. The summed E-state index contributed by atoms with van der Waals surface area (Å²) < 4.78 is 32.4. The minimum Gasteiger partial charge on any atom is -0.485 e. The first kappa shape index (κ1) is 48.5. The van der Waals surface area contributed by atoms with E-state index in [1.54, 1.807) is 36.1 Å². The summed E-state index contributed by atoms with van der Waals surface area (Å²) in [5, 5.41) is 83.6. The van der Waals surface area contributed by atoms with Gasteiger partial charge in [0, 0.05) is 59.4 Å². The highest BCUT2D eigenvalue weighted by Crippen LogP contribution is 2.68. The SMILES string of the molecule is CCOC(=O)CCc1cc2ccoc2c2c1O[C@@H]1O[C@@]3(CSS[C@@]4(CC[C@]5(C[C@@H]6CC[C@@H](NC)[C@@H]6C5)C4)[C@H](CC[C@@H](C)CCC[C@@H]3O)NCCO2)[C@]2(O)C[C@@H]3C=C[C@H](O)[C@@H](CO)[C@@H]3[C@@]1(O)[C@H]2O. The molecule has 0 radical (unpaired) electrons. The van der Waals surface area contributed by atoms with Gasteiger partial charge in [0.15, 0.2) is 16.9 Å². The number of aryl methyl sites for hydroxylation is 1. The monoisotopic (exact) mass is 970 g/mol. The van der Waals surface area contributed by atoms with Gasteiger partial charge in [-0.05, 0) is 138 Å². The molecule has 1 aromatic carbocycles. The topological polar surface area (TPSA) is 213 Å². The van der Waals surface area contributed by atoms with Crippen LogP contribution in [0.25, 0.3) is 11.0 Å². The molecule has 3 spiro atoms. The van der Waals surface area contributed by atoms with Crippen LogP contribution < -0.4 is 20.1 Å². The Morgan fingerprint density at radius 1 is 1.03 bits per heavy atom. The Labute approximate surface area is 402 Å². The molecule has 14 nitrogen and oxygen atoms in total. The second kappa shape index (κ2) is 18.8. The van der Waals surface area contributed by atoms with E-state index in [1.807, 2.05) is 22.9 Å². The van der Waals surface area contributed by atoms with Crippen molar-refractivity contribution in [3.05, 3.63) is 36.1 Å². The van der Waals surface area contributed by atoms with Gasteiger partial charge in [-0.15, -0.1) is 0 Å². The number of hydrogen-bond donors (Lipinski definition) is 8. The summed E-state index contributed by atoms with van der Waals surface area (Å²) in [7, 11) is 5.54. The summed E-state index contributed by atoms with van der Waals surface area (Å²) in [6.45, 7) is 4.45. The molecule has 6 fully saturated rings. The lowest BCUT2D eigenvalue weighted by Crippen LogP contribution is -2.86. The Morgan fingerprint density at radius 3 is 2.69 bits per heavy atom. The number of fused-ring (bicyclic) bond motifs is 12. The molecule has 1 aromatic heterocycles. The summed E-state index contributed by atoms with van der Waals surface area (Å²) in [6.07, 6.45) is 10.6. The van der Waals surface area contributed by atoms with Crippen molar-refractivity contribution >= 4 is 38.5 Å². The Kier molecular flexibility index (Phi) is 13.6. The van der Waals surface area contributed by atoms with E-state index in [1.165, 1.54) is 25.7 Å². The van der Waals surface area contributed by atoms with Gasteiger partial charge in [0.25, 0.3) is 0 Å². The average Bonchev–Trinajstić information content (AvgIpc) is 4.10. The molecule has 2 saturated heterocycles. The summed E-state index contributed by atoms with van der Waals surface area (Å²) in [5.74, 6) is -0.932. The van der Waals surface area contributed by atoms with Crippen LogP contribution in [-0.2, 0) is 20.7 Å². The van der Waals surface area contributed by atoms with Crippen LogP contribution in [0, 0.1) is 40.9 Å². The predicted molar refractivity (Wildman–Crippen MR) is 256 cm³/mol. The summed E-state index contributed by atoms with van der Waals surface area (Å²) in [5.41, 5.74) is -5.43. The zero-order valence-electron chi connectivity index (χ0n) is 39.4. The lowest BCUT2D eigenvalue weighted by atomic mass is 9.50. The van der Waals surface area contributed by atoms with E-state index in [4.69, 9.17) is 23.4 Å². The van der Waals surface area contributed by atoms with Crippen molar-refractivity contribution in [3.63, 3.8) is 0 Å². The van der Waals surface area contributed by atoms with Gasteiger partial charge in [-0.1, -0.05) is 53.5 Å². The molecule has 4 saturated carbocycles. The molecule has 8 N–H and O–H groups in total. The first-order valence-corrected chi connectivity index (χ1v) is 27.7. The van der Waals surface area contributed by atoms with E-state index in [2.05, 4.69) is 24.6 Å². The van der Waals surface area contributed by atoms with Crippen molar-refractivity contribution in [2.24, 2.45) is 40.9 Å². The van der Waals surface area contributed by atoms with Crippen LogP contribution in [0.4, 0.5) is 0 Å². The third kappa shape index (κ3) is 8.10. The van der Waals surface area contributed by atoms with Crippen LogP contribution in [0.15, 0.2) is 35.0 Å². The normalized spacial score (nSPS) is 45.3. The van der Waals surface area contributed by atoms with Crippen molar-refractivity contribution in [1.82, 2.24) is 10.6 Å². The Hall–Kier alpha value is -2.09. The maximum Gasteiger partial charge on any atom is 0.306 e. The van der Waals surface area contributed by atoms with Crippen molar-refractivity contribution in [2.45, 2.75) is 168 Å². The minimum absolute atomic E-state index is 0.00170. The average molecular weight is 971 g/mol. The van der Waals surface area contributed by atoms with Crippen molar-refractivity contribution < 1.29 is 58.8 Å². The molecule has 67 heavy (non-hydrogen) atoms. The lowest BCUT2D eigenvalue weighted by molar-refractivity contribution is -0.424. The number of carbonyl (C=O) groups is 1. The predicted octanol–water partition coefficient (Wildman–Crippen LogP) is 5.41. The number of carbonyl (C=O) groups excluding carboxylic acids is 1. The fourth-order valence-corrected chi connectivity index (χ4v) is 19.1. The maximum absolute atomic E-state index is 13.5. The lowest BCUT2D eigenvalue weighted by Gasteiger charge is -2.67. The van der Waals surface area contributed by atoms with Gasteiger partial charge in [0.1, 0.15) is 23.9 Å². The standard InChI is InChI=1S/C51H74N2O12S2/c1-4-61-40(57)15-11-30-22-31-16-20-62-42(31)44-43(30)64-46-51(60)41-33(10-13-37(55)35(41)26-54)24-49(59,45(51)58)50(65-46)28-66-67-48(18-17-47(27-48)23-32-9-12-36(52-3)34(32)25-47)38(53-19-21-63-44)14-8-29(2)6-5-7-39(50)56/h10,13,16,20,22,29,32-39,41,45-46,52-56,58-60H,4-9,11-12,14-15,17-19,21,23-28H2,1-3H3/t29-,32-,33-,34+,35+,36+,37-,38-,39-,41+,45-,46+,47+,48+,49-,50+,51+/m0/s1. The quantitative estimate of drug-likeness (QED) is 0.103. The summed E-state index contributed by atoms with van der Waals surface area (Å²) in [6, 6.07) is 4.31. The summed E-state index contributed by atoms with van der Waals surface area (Å²) in [4.78, 5) is 12.9. The Morgan fingerprint density at radius 2 is 1.88 bits per heavy atom. The second-order valence-electron chi connectivity index (χ2n) is 22.0. The molecule has 2 aromatic rings. The smallest absolute Gasteiger partial charge is 0.306 e. The van der Waals surface area contributed by atoms with Gasteiger partial charge >= 0.3 is 5.97 Å². The molecule has 8 aliphatic rings. The number of benzene rings is 1. The van der Waals surface area contributed by atoms with Crippen LogP contribution in [0.1, 0.15) is 109 Å². The van der Waals surface area contributed by atoms with E-state index in [-0.39, 0.29) is 72.4 Å². The Bertz CT molecular complexity index is 2140. The highest BCUT2D eigenvalue weighted by Gasteiger charge is 2.78. The largest absolute Gasteiger partial charge is 0.485 e. The Balaban J connectivity index is 1.13. The van der Waals surface area contributed by atoms with Crippen molar-refractivity contribution in [2.75, 3.05) is 39.2 Å². The molecule has 372 valence electrons. The fourth-order valence-electron chi connectivity index (χ4n) is 15.1. The van der Waals surface area contributed by atoms with Gasteiger partial charge < -0.3 is 64.6 Å². The number of ether oxygens (including phenoxy) is 4. The first-order valence-electron chi connectivity index (χ1n) is 25.4. The molecule has 4 heterocycles. The van der Waals surface area contributed by atoms with E-state index < -0.39 is 71.7 Å². The van der Waals surface area contributed by atoms with Gasteiger partial charge in [-0.3, -0.25) is 4.79 Å². The third-order valence-electron chi connectivity index (χ3n) is 18.4. The third-order valence-corrected chi connectivity index (χ3v) is 21.7. The zero-order valence-corrected chi connectivity index (χ0v) is 41.0. The van der Waals surface area contributed by atoms with Gasteiger partial charge in [-0.25, -0.2) is 0 Å². The number of esters is 1. The van der Waals surface area contributed by atoms with Crippen LogP contribution in [0.5, 0.6) is 11.5 Å². The van der Waals surface area contributed by atoms with Crippen molar-refractivity contribution in [1.29, 1.82) is 0 Å². The number of nitrogens with one attached hydrogen (secondary N) is 2. The minimum atomic E-state index is -2.45. The second-order valence-corrected chi connectivity index (χ2v) is 24.7. The summed E-state index contributed by atoms with van der Waals surface area (Å²) >= 11 is 0. The number of hydrogen-bond acceptors (Lipinski definition) is 16. The molecule has 3 aliphatic heterocycles. The van der Waals surface area contributed by atoms with E-state index >= 15 is 0 Å². The highest BCUT2D eigenvalue weighted by molar-refractivity contribution is 8.77. The van der Waals surface area contributed by atoms with Gasteiger partial charge in [-0.2, -0.15) is 0 Å². The molecule has 5 aliphatic carbocycles. The van der Waals surface area contributed by atoms with E-state index in [9.17, 15) is 35.4 Å².